The monoisotopic (exact) mass is 252 g/mol. The number of nitrogens with zero attached hydrogens (tertiary/aromatic N) is 1. The fraction of sp³-hybridized carbons (Fsp3) is 0.417. The molecule has 1 rings (SSSR count). The molecule has 18 heavy (non-hydrogen) atoms. The van der Waals surface area contributed by atoms with Crippen molar-refractivity contribution < 1.29 is 14.7 Å². The summed E-state index contributed by atoms with van der Waals surface area (Å²) in [6, 6.07) is 2.61. The number of carbonyl (C=O) groups is 2. The molecule has 0 saturated heterocycles. The number of hydrogen-bond donors (Lipinski definition) is 2. The molecule has 0 aliphatic rings. The van der Waals surface area contributed by atoms with Crippen molar-refractivity contribution in [2.24, 2.45) is 0 Å². The lowest BCUT2D eigenvalue weighted by atomic mass is 10.0. The van der Waals surface area contributed by atoms with Crippen LogP contribution in [0.4, 0.5) is 0 Å². The van der Waals surface area contributed by atoms with Crippen LogP contribution in [0.3, 0.4) is 0 Å². The second kappa shape index (κ2) is 5.03. The standard InChI is InChI=1S/C12H16N2O4/c1-12(2,3)14(7-10(16)17)11(18)8-4-5-9(15)13-6-8/h4-6H,7H2,1-3H3,(H,13,15)(H,16,17). The number of carboxylic acid groups (broad SMARTS) is 1. The SMILES string of the molecule is CC(C)(C)N(CC(=O)O)C(=O)c1ccc(=O)[nH]c1. The number of pyridine rings is 1. The summed E-state index contributed by atoms with van der Waals surface area (Å²) in [5, 5.41) is 8.84. The second-order valence-corrected chi connectivity index (χ2v) is 4.90. The van der Waals surface area contributed by atoms with E-state index in [1.165, 1.54) is 23.2 Å². The summed E-state index contributed by atoms with van der Waals surface area (Å²) >= 11 is 0. The molecular formula is C12H16N2O4. The molecule has 1 amide bonds. The topological polar surface area (TPSA) is 90.5 Å². The van der Waals surface area contributed by atoms with Gasteiger partial charge in [0.25, 0.3) is 5.91 Å². The number of aromatic nitrogens is 1. The molecule has 0 atom stereocenters. The highest BCUT2D eigenvalue weighted by Crippen LogP contribution is 2.16. The van der Waals surface area contributed by atoms with Gasteiger partial charge in [0.05, 0.1) is 5.56 Å². The lowest BCUT2D eigenvalue weighted by molar-refractivity contribution is -0.138. The van der Waals surface area contributed by atoms with Crippen LogP contribution in [0, 0.1) is 0 Å². The average molecular weight is 252 g/mol. The predicted molar refractivity (Wildman–Crippen MR) is 65.5 cm³/mol. The van der Waals surface area contributed by atoms with Gasteiger partial charge >= 0.3 is 5.97 Å². The first-order chi connectivity index (χ1) is 8.21. The van der Waals surface area contributed by atoms with Crippen LogP contribution in [-0.2, 0) is 4.79 Å². The van der Waals surface area contributed by atoms with Crippen molar-refractivity contribution in [2.45, 2.75) is 26.3 Å². The molecule has 0 radical (unpaired) electrons. The van der Waals surface area contributed by atoms with E-state index in [2.05, 4.69) is 4.98 Å². The van der Waals surface area contributed by atoms with E-state index in [9.17, 15) is 14.4 Å². The molecule has 0 aliphatic heterocycles. The van der Waals surface area contributed by atoms with Crippen molar-refractivity contribution in [1.82, 2.24) is 9.88 Å². The Balaban J connectivity index is 3.06. The van der Waals surface area contributed by atoms with Crippen LogP contribution in [0.1, 0.15) is 31.1 Å². The van der Waals surface area contributed by atoms with Crippen LogP contribution in [0.2, 0.25) is 0 Å². The van der Waals surface area contributed by atoms with Crippen molar-refractivity contribution in [3.63, 3.8) is 0 Å². The zero-order valence-corrected chi connectivity index (χ0v) is 10.6. The van der Waals surface area contributed by atoms with Crippen molar-refractivity contribution in [3.05, 3.63) is 34.2 Å². The van der Waals surface area contributed by atoms with Gasteiger partial charge < -0.3 is 15.0 Å². The Morgan fingerprint density at radius 2 is 1.94 bits per heavy atom. The maximum atomic E-state index is 12.2. The van der Waals surface area contributed by atoms with E-state index < -0.39 is 17.4 Å². The van der Waals surface area contributed by atoms with Gasteiger partial charge in [0.1, 0.15) is 6.54 Å². The molecule has 0 bridgehead atoms. The van der Waals surface area contributed by atoms with Crippen molar-refractivity contribution in [1.29, 1.82) is 0 Å². The molecular weight excluding hydrogens is 236 g/mol. The minimum absolute atomic E-state index is 0.255. The van der Waals surface area contributed by atoms with Crippen LogP contribution in [0.15, 0.2) is 23.1 Å². The van der Waals surface area contributed by atoms with Crippen molar-refractivity contribution >= 4 is 11.9 Å². The van der Waals surface area contributed by atoms with Crippen molar-refractivity contribution in [2.75, 3.05) is 6.54 Å². The Bertz CT molecular complexity index is 493. The fourth-order valence-corrected chi connectivity index (χ4v) is 1.45. The Morgan fingerprint density at radius 1 is 1.33 bits per heavy atom. The number of carbonyl (C=O) groups excluding carboxylic acids is 1. The molecule has 0 unspecified atom stereocenters. The third kappa shape index (κ3) is 3.44. The molecule has 0 fully saturated rings. The number of aromatic amines is 1. The minimum Gasteiger partial charge on any atom is -0.480 e. The second-order valence-electron chi connectivity index (χ2n) is 4.90. The molecule has 0 aromatic carbocycles. The first-order valence-corrected chi connectivity index (χ1v) is 5.44. The summed E-state index contributed by atoms with van der Waals surface area (Å²) in [4.78, 5) is 37.5. The first kappa shape index (κ1) is 14.0. The molecule has 98 valence electrons. The summed E-state index contributed by atoms with van der Waals surface area (Å²) in [5.41, 5.74) is -0.677. The molecule has 1 aromatic rings. The van der Waals surface area contributed by atoms with Crippen LogP contribution in [0.25, 0.3) is 0 Å². The van der Waals surface area contributed by atoms with E-state index in [1.807, 2.05) is 0 Å². The summed E-state index contributed by atoms with van der Waals surface area (Å²) < 4.78 is 0. The van der Waals surface area contributed by atoms with Gasteiger partial charge in [-0.05, 0) is 26.8 Å². The quantitative estimate of drug-likeness (QED) is 0.828. The highest BCUT2D eigenvalue weighted by atomic mass is 16.4. The normalized spacial score (nSPS) is 11.1. The Morgan fingerprint density at radius 3 is 2.33 bits per heavy atom. The maximum absolute atomic E-state index is 12.2. The molecule has 6 heteroatoms. The van der Waals surface area contributed by atoms with Gasteiger partial charge in [0.2, 0.25) is 5.56 Å². The van der Waals surface area contributed by atoms with Crippen LogP contribution in [-0.4, -0.2) is 39.0 Å². The number of nitrogens with one attached hydrogen (secondary N) is 1. The van der Waals surface area contributed by atoms with Gasteiger partial charge in [0.15, 0.2) is 0 Å². The third-order valence-electron chi connectivity index (χ3n) is 2.38. The highest BCUT2D eigenvalue weighted by molar-refractivity contribution is 5.96. The number of aliphatic carboxylic acids is 1. The minimum atomic E-state index is -1.08. The Kier molecular flexibility index (Phi) is 3.90. The third-order valence-corrected chi connectivity index (χ3v) is 2.38. The largest absolute Gasteiger partial charge is 0.480 e. The van der Waals surface area contributed by atoms with E-state index in [0.717, 1.165) is 0 Å². The highest BCUT2D eigenvalue weighted by Gasteiger charge is 2.29. The van der Waals surface area contributed by atoms with E-state index >= 15 is 0 Å². The van der Waals surface area contributed by atoms with Crippen LogP contribution < -0.4 is 5.56 Å². The number of H-pyrrole nitrogens is 1. The maximum Gasteiger partial charge on any atom is 0.323 e. The number of hydrogen-bond acceptors (Lipinski definition) is 3. The molecule has 1 heterocycles. The smallest absolute Gasteiger partial charge is 0.323 e. The molecule has 0 saturated carbocycles. The van der Waals surface area contributed by atoms with Gasteiger partial charge in [-0.25, -0.2) is 0 Å². The summed E-state index contributed by atoms with van der Waals surface area (Å²) in [6.45, 7) is 4.86. The lowest BCUT2D eigenvalue weighted by Gasteiger charge is -2.34. The van der Waals surface area contributed by atoms with Crippen LogP contribution >= 0.6 is 0 Å². The average Bonchev–Trinajstić information content (AvgIpc) is 2.24. The molecule has 0 spiro atoms. The fourth-order valence-electron chi connectivity index (χ4n) is 1.45. The van der Waals surface area contributed by atoms with E-state index in [-0.39, 0.29) is 17.7 Å². The van der Waals surface area contributed by atoms with Gasteiger partial charge in [-0.15, -0.1) is 0 Å². The van der Waals surface area contributed by atoms with Crippen LogP contribution in [0.5, 0.6) is 0 Å². The molecule has 2 N–H and O–H groups in total. The van der Waals surface area contributed by atoms with E-state index in [4.69, 9.17) is 5.11 Å². The van der Waals surface area contributed by atoms with Gasteiger partial charge in [-0.1, -0.05) is 0 Å². The Labute approximate surface area is 104 Å². The lowest BCUT2D eigenvalue weighted by Crippen LogP contribution is -2.48. The molecule has 1 aromatic heterocycles. The number of amides is 1. The first-order valence-electron chi connectivity index (χ1n) is 5.44. The van der Waals surface area contributed by atoms with Gasteiger partial charge in [0, 0.05) is 17.8 Å². The van der Waals surface area contributed by atoms with Gasteiger partial charge in [-0.2, -0.15) is 0 Å². The molecule has 0 aliphatic carbocycles. The summed E-state index contributed by atoms with van der Waals surface area (Å²) in [7, 11) is 0. The van der Waals surface area contributed by atoms with E-state index in [1.54, 1.807) is 20.8 Å². The predicted octanol–water partition coefficient (Wildman–Crippen LogP) is 0.700. The number of rotatable bonds is 3. The van der Waals surface area contributed by atoms with Crippen molar-refractivity contribution in [3.8, 4) is 0 Å². The Hall–Kier alpha value is -2.11. The molecule has 6 nitrogen and oxygen atoms in total. The summed E-state index contributed by atoms with van der Waals surface area (Å²) in [5.74, 6) is -1.51. The van der Waals surface area contributed by atoms with Gasteiger partial charge in [-0.3, -0.25) is 14.4 Å². The van der Waals surface area contributed by atoms with E-state index in [0.29, 0.717) is 0 Å². The zero-order chi connectivity index (χ0) is 13.9. The summed E-state index contributed by atoms with van der Waals surface area (Å²) in [6.07, 6.45) is 1.28. The number of carboxylic acids is 1. The zero-order valence-electron chi connectivity index (χ0n) is 10.6.